The van der Waals surface area contributed by atoms with Crippen LogP contribution >= 0.6 is 11.6 Å². The molecule has 0 saturated heterocycles. The zero-order valence-corrected chi connectivity index (χ0v) is 14.9. The number of halogens is 2. The van der Waals surface area contributed by atoms with Gasteiger partial charge < -0.3 is 10.3 Å². The third-order valence-electron chi connectivity index (χ3n) is 4.00. The number of nitrogens with one attached hydrogen (secondary N) is 2. The largest absolute Gasteiger partial charge is 0.350 e. The highest BCUT2D eigenvalue weighted by molar-refractivity contribution is 6.30. The van der Waals surface area contributed by atoms with Crippen molar-refractivity contribution in [1.29, 1.82) is 0 Å². The van der Waals surface area contributed by atoms with Gasteiger partial charge in [0.2, 0.25) is 5.95 Å². The Hall–Kier alpha value is -3.25. The molecule has 4 aromatic rings. The topological polar surface area (TPSA) is 66.5 Å². The molecule has 0 aliphatic rings. The van der Waals surface area contributed by atoms with Crippen molar-refractivity contribution in [2.75, 3.05) is 5.32 Å². The quantitative estimate of drug-likeness (QED) is 0.515. The fourth-order valence-electron chi connectivity index (χ4n) is 2.71. The number of H-pyrrole nitrogens is 1. The number of hydrogen-bond acceptors (Lipinski definition) is 4. The van der Waals surface area contributed by atoms with Crippen molar-refractivity contribution >= 4 is 17.5 Å². The van der Waals surface area contributed by atoms with Crippen LogP contribution in [0.1, 0.15) is 5.56 Å². The molecule has 0 unspecified atom stereocenters. The first-order valence-electron chi connectivity index (χ1n) is 8.30. The molecule has 5 nitrogen and oxygen atoms in total. The molecule has 27 heavy (non-hydrogen) atoms. The molecule has 0 bridgehead atoms. The van der Waals surface area contributed by atoms with Gasteiger partial charge in [0.15, 0.2) is 0 Å². The Balaban J connectivity index is 1.68. The van der Waals surface area contributed by atoms with E-state index in [1.54, 1.807) is 24.7 Å². The van der Waals surface area contributed by atoms with Crippen LogP contribution in [0.15, 0.2) is 67.1 Å². The Kier molecular flexibility index (Phi) is 4.80. The van der Waals surface area contributed by atoms with Gasteiger partial charge in [0.05, 0.1) is 11.3 Å². The van der Waals surface area contributed by atoms with Crippen molar-refractivity contribution < 1.29 is 4.39 Å². The molecule has 2 aromatic carbocycles. The molecule has 4 rings (SSSR count). The average molecular weight is 380 g/mol. The summed E-state index contributed by atoms with van der Waals surface area (Å²) in [6.45, 7) is 0.415. The van der Waals surface area contributed by atoms with E-state index in [1.165, 1.54) is 12.1 Å². The molecule has 2 aromatic heterocycles. The fourth-order valence-corrected chi connectivity index (χ4v) is 2.83. The lowest BCUT2D eigenvalue weighted by Gasteiger charge is -2.11. The highest BCUT2D eigenvalue weighted by Crippen LogP contribution is 2.29. The van der Waals surface area contributed by atoms with Crippen LogP contribution in [0.2, 0.25) is 5.02 Å². The first-order chi connectivity index (χ1) is 13.2. The van der Waals surface area contributed by atoms with Crippen LogP contribution in [0.4, 0.5) is 10.3 Å². The van der Waals surface area contributed by atoms with E-state index < -0.39 is 0 Å². The number of benzene rings is 2. The van der Waals surface area contributed by atoms with Crippen LogP contribution in [-0.2, 0) is 6.54 Å². The number of aromatic nitrogens is 4. The minimum atomic E-state index is -0.273. The van der Waals surface area contributed by atoms with Gasteiger partial charge in [-0.3, -0.25) is 0 Å². The zero-order chi connectivity index (χ0) is 18.6. The molecule has 7 heteroatoms. The van der Waals surface area contributed by atoms with Gasteiger partial charge in [-0.2, -0.15) is 0 Å². The molecule has 0 amide bonds. The molecule has 0 spiro atoms. The molecule has 0 atom stereocenters. The van der Waals surface area contributed by atoms with Crippen molar-refractivity contribution in [2.45, 2.75) is 6.54 Å². The Morgan fingerprint density at radius 1 is 1.07 bits per heavy atom. The molecule has 2 heterocycles. The van der Waals surface area contributed by atoms with E-state index in [1.807, 2.05) is 30.3 Å². The summed E-state index contributed by atoms with van der Waals surface area (Å²) in [4.78, 5) is 16.4. The Bertz CT molecular complexity index is 1050. The van der Waals surface area contributed by atoms with Gasteiger partial charge in [-0.25, -0.2) is 19.3 Å². The van der Waals surface area contributed by atoms with Gasteiger partial charge >= 0.3 is 0 Å². The molecule has 0 aliphatic carbocycles. The Morgan fingerprint density at radius 2 is 1.93 bits per heavy atom. The van der Waals surface area contributed by atoms with Gasteiger partial charge in [0.1, 0.15) is 11.6 Å². The number of nitrogens with zero attached hydrogens (tertiary/aromatic N) is 3. The Morgan fingerprint density at radius 3 is 2.67 bits per heavy atom. The molecule has 0 radical (unpaired) electrons. The van der Waals surface area contributed by atoms with Gasteiger partial charge in [-0.1, -0.05) is 35.9 Å². The summed E-state index contributed by atoms with van der Waals surface area (Å²) in [5, 5.41) is 3.79. The molecular formula is C20H15ClFN5. The number of anilines is 1. The lowest BCUT2D eigenvalue weighted by molar-refractivity contribution is 0.626. The second-order valence-electron chi connectivity index (χ2n) is 5.88. The second-order valence-corrected chi connectivity index (χ2v) is 6.32. The minimum Gasteiger partial charge on any atom is -0.350 e. The van der Waals surface area contributed by atoms with E-state index in [4.69, 9.17) is 11.6 Å². The van der Waals surface area contributed by atoms with Crippen LogP contribution in [0.5, 0.6) is 0 Å². The summed E-state index contributed by atoms with van der Waals surface area (Å²) >= 11 is 6.01. The Labute approximate surface area is 160 Å². The van der Waals surface area contributed by atoms with E-state index in [2.05, 4.69) is 25.3 Å². The highest BCUT2D eigenvalue weighted by atomic mass is 35.5. The standard InChI is InChI=1S/C20H15ClFN5/c21-15-6-4-14(5-7-15)18-17(19-23-8-9-24-19)12-26-20(27-18)25-11-13-2-1-3-16(22)10-13/h1-10,12H,11H2,(H,23,24)(H,25,26,27). The normalized spacial score (nSPS) is 10.7. The fraction of sp³-hybridized carbons (Fsp3) is 0.0500. The van der Waals surface area contributed by atoms with Gasteiger partial charge in [-0.15, -0.1) is 0 Å². The van der Waals surface area contributed by atoms with Crippen LogP contribution in [0, 0.1) is 5.82 Å². The van der Waals surface area contributed by atoms with Gasteiger partial charge in [0.25, 0.3) is 0 Å². The second kappa shape index (κ2) is 7.55. The van der Waals surface area contributed by atoms with E-state index in [-0.39, 0.29) is 5.82 Å². The first-order valence-corrected chi connectivity index (χ1v) is 8.68. The van der Waals surface area contributed by atoms with E-state index in [0.717, 1.165) is 22.4 Å². The maximum atomic E-state index is 13.3. The van der Waals surface area contributed by atoms with Gasteiger partial charge in [0, 0.05) is 35.7 Å². The lowest BCUT2D eigenvalue weighted by Crippen LogP contribution is -2.05. The van der Waals surface area contributed by atoms with Crippen LogP contribution in [0.25, 0.3) is 22.6 Å². The maximum absolute atomic E-state index is 13.3. The maximum Gasteiger partial charge on any atom is 0.223 e. The first kappa shape index (κ1) is 17.2. The van der Waals surface area contributed by atoms with Crippen molar-refractivity contribution in [2.24, 2.45) is 0 Å². The van der Waals surface area contributed by atoms with E-state index >= 15 is 0 Å². The molecule has 0 fully saturated rings. The van der Waals surface area contributed by atoms with Crippen LogP contribution < -0.4 is 5.32 Å². The smallest absolute Gasteiger partial charge is 0.223 e. The number of hydrogen-bond donors (Lipinski definition) is 2. The lowest BCUT2D eigenvalue weighted by atomic mass is 10.1. The molecular weight excluding hydrogens is 365 g/mol. The monoisotopic (exact) mass is 379 g/mol. The molecule has 134 valence electrons. The van der Waals surface area contributed by atoms with E-state index in [9.17, 15) is 4.39 Å². The predicted octanol–water partition coefficient (Wildman–Crippen LogP) is 4.94. The van der Waals surface area contributed by atoms with Crippen molar-refractivity contribution in [3.05, 3.63) is 83.5 Å². The summed E-state index contributed by atoms with van der Waals surface area (Å²) in [5.74, 6) is 0.849. The third-order valence-corrected chi connectivity index (χ3v) is 4.25. The van der Waals surface area contributed by atoms with Crippen LogP contribution in [-0.4, -0.2) is 19.9 Å². The number of rotatable bonds is 5. The summed E-state index contributed by atoms with van der Waals surface area (Å²) in [5.41, 5.74) is 3.20. The number of aromatic amines is 1. The van der Waals surface area contributed by atoms with Crippen molar-refractivity contribution in [1.82, 2.24) is 19.9 Å². The summed E-state index contributed by atoms with van der Waals surface area (Å²) in [6, 6.07) is 13.8. The molecule has 2 N–H and O–H groups in total. The summed E-state index contributed by atoms with van der Waals surface area (Å²) < 4.78 is 13.3. The molecule has 0 saturated carbocycles. The van der Waals surface area contributed by atoms with Gasteiger partial charge in [-0.05, 0) is 29.8 Å². The predicted molar refractivity (Wildman–Crippen MR) is 104 cm³/mol. The minimum absolute atomic E-state index is 0.273. The zero-order valence-electron chi connectivity index (χ0n) is 14.2. The highest BCUT2D eigenvalue weighted by Gasteiger charge is 2.13. The number of imidazole rings is 1. The SMILES string of the molecule is Fc1cccc(CNc2ncc(-c3ncc[nH]3)c(-c3ccc(Cl)cc3)n2)c1. The third kappa shape index (κ3) is 3.96. The molecule has 0 aliphatic heterocycles. The van der Waals surface area contributed by atoms with Crippen molar-refractivity contribution in [3.63, 3.8) is 0 Å². The average Bonchev–Trinajstić information content (AvgIpc) is 3.21. The van der Waals surface area contributed by atoms with E-state index in [0.29, 0.717) is 23.3 Å². The van der Waals surface area contributed by atoms with Crippen LogP contribution in [0.3, 0.4) is 0 Å². The summed E-state index contributed by atoms with van der Waals surface area (Å²) in [6.07, 6.45) is 5.14. The van der Waals surface area contributed by atoms with Crippen molar-refractivity contribution in [3.8, 4) is 22.6 Å². The summed E-state index contributed by atoms with van der Waals surface area (Å²) in [7, 11) is 0.